The molecule has 1 fully saturated rings. The molecular weight excluding hydrogens is 207 g/mol. The van der Waals surface area contributed by atoms with Gasteiger partial charge in [0.2, 0.25) is 0 Å². The van der Waals surface area contributed by atoms with E-state index in [1.807, 2.05) is 0 Å². The highest BCUT2D eigenvalue weighted by atomic mass is 19.1. The number of nitrogens with one attached hydrogen (secondary N) is 2. The van der Waals surface area contributed by atoms with Crippen LogP contribution in [0.25, 0.3) is 0 Å². The first-order chi connectivity index (χ1) is 7.66. The van der Waals surface area contributed by atoms with Gasteiger partial charge in [-0.05, 0) is 37.6 Å². The van der Waals surface area contributed by atoms with E-state index in [0.29, 0.717) is 0 Å². The molecule has 0 aliphatic carbocycles. The van der Waals surface area contributed by atoms with Gasteiger partial charge in [0, 0.05) is 12.6 Å². The van der Waals surface area contributed by atoms with Crippen molar-refractivity contribution in [3.8, 4) is 0 Å². The van der Waals surface area contributed by atoms with Gasteiger partial charge in [0.15, 0.2) is 0 Å². The van der Waals surface area contributed by atoms with Crippen molar-refractivity contribution >= 4 is 5.91 Å². The van der Waals surface area contributed by atoms with Gasteiger partial charge in [-0.2, -0.15) is 0 Å². The van der Waals surface area contributed by atoms with Crippen LogP contribution >= 0.6 is 0 Å². The maximum absolute atomic E-state index is 13.5. The summed E-state index contributed by atoms with van der Waals surface area (Å²) < 4.78 is 13.5. The highest BCUT2D eigenvalue weighted by molar-refractivity contribution is 5.94. The van der Waals surface area contributed by atoms with Gasteiger partial charge in [0.1, 0.15) is 5.82 Å². The Morgan fingerprint density at radius 2 is 2.38 bits per heavy atom. The molecule has 1 aliphatic rings. The van der Waals surface area contributed by atoms with E-state index in [2.05, 4.69) is 10.6 Å². The molecule has 0 bridgehead atoms. The smallest absolute Gasteiger partial charge is 0.254 e. The Hall–Kier alpha value is -1.42. The largest absolute Gasteiger partial charge is 0.348 e. The van der Waals surface area contributed by atoms with Crippen LogP contribution in [0.2, 0.25) is 0 Å². The number of halogens is 1. The minimum absolute atomic E-state index is 0.119. The van der Waals surface area contributed by atoms with Crippen molar-refractivity contribution in [1.82, 2.24) is 10.6 Å². The lowest BCUT2D eigenvalue weighted by atomic mass is 10.1. The van der Waals surface area contributed by atoms with Crippen LogP contribution in [0.1, 0.15) is 22.3 Å². The molecule has 86 valence electrons. The fourth-order valence-electron chi connectivity index (χ4n) is 1.85. The van der Waals surface area contributed by atoms with E-state index >= 15 is 0 Å². The van der Waals surface area contributed by atoms with Crippen LogP contribution in [0.3, 0.4) is 0 Å². The molecule has 2 rings (SSSR count). The van der Waals surface area contributed by atoms with E-state index in [-0.39, 0.29) is 17.5 Å². The Bertz CT molecular complexity index is 400. The molecule has 0 radical (unpaired) electrons. The van der Waals surface area contributed by atoms with E-state index in [1.165, 1.54) is 12.1 Å². The number of carbonyl (C=O) groups is 1. The number of carbonyl (C=O) groups excluding carboxylic acids is 1. The van der Waals surface area contributed by atoms with Crippen LogP contribution < -0.4 is 10.6 Å². The molecule has 2 N–H and O–H groups in total. The van der Waals surface area contributed by atoms with Gasteiger partial charge in [-0.15, -0.1) is 0 Å². The molecule has 1 aromatic carbocycles. The average Bonchev–Trinajstić information content (AvgIpc) is 2.70. The second-order valence-corrected chi connectivity index (χ2v) is 4.15. The summed E-state index contributed by atoms with van der Waals surface area (Å²) >= 11 is 0. The van der Waals surface area contributed by atoms with Crippen LogP contribution in [-0.4, -0.2) is 25.0 Å². The van der Waals surface area contributed by atoms with Crippen LogP contribution in [0.15, 0.2) is 18.2 Å². The van der Waals surface area contributed by atoms with Crippen LogP contribution in [0, 0.1) is 12.7 Å². The first-order valence-electron chi connectivity index (χ1n) is 5.44. The number of benzene rings is 1. The van der Waals surface area contributed by atoms with Crippen molar-refractivity contribution in [2.24, 2.45) is 0 Å². The van der Waals surface area contributed by atoms with E-state index in [0.717, 1.165) is 25.1 Å². The second kappa shape index (κ2) is 4.61. The Morgan fingerprint density at radius 1 is 1.56 bits per heavy atom. The van der Waals surface area contributed by atoms with Gasteiger partial charge in [-0.1, -0.05) is 6.07 Å². The Balaban J connectivity index is 2.08. The zero-order chi connectivity index (χ0) is 11.5. The monoisotopic (exact) mass is 222 g/mol. The lowest BCUT2D eigenvalue weighted by Gasteiger charge is -2.11. The van der Waals surface area contributed by atoms with Gasteiger partial charge in [0.25, 0.3) is 5.91 Å². The summed E-state index contributed by atoms with van der Waals surface area (Å²) in [6, 6.07) is 4.77. The SMILES string of the molecule is Cc1ccc(C(=O)N[C@H]2CCNC2)c(F)c1. The molecule has 0 aromatic heterocycles. The summed E-state index contributed by atoms with van der Waals surface area (Å²) in [6.07, 6.45) is 0.902. The molecule has 1 atom stereocenters. The highest BCUT2D eigenvalue weighted by Crippen LogP contribution is 2.10. The van der Waals surface area contributed by atoms with Crippen molar-refractivity contribution < 1.29 is 9.18 Å². The molecule has 0 saturated carbocycles. The molecule has 1 amide bonds. The zero-order valence-electron chi connectivity index (χ0n) is 9.22. The fraction of sp³-hybridized carbons (Fsp3) is 0.417. The topological polar surface area (TPSA) is 41.1 Å². The Labute approximate surface area is 94.0 Å². The van der Waals surface area contributed by atoms with Gasteiger partial charge < -0.3 is 10.6 Å². The number of aryl methyl sites for hydroxylation is 1. The van der Waals surface area contributed by atoms with Crippen LogP contribution in [0.5, 0.6) is 0 Å². The summed E-state index contributed by atoms with van der Waals surface area (Å²) in [5, 5.41) is 5.96. The third-order valence-corrected chi connectivity index (χ3v) is 2.76. The quantitative estimate of drug-likeness (QED) is 0.790. The summed E-state index contributed by atoms with van der Waals surface area (Å²) in [6.45, 7) is 3.46. The number of rotatable bonds is 2. The first kappa shape index (κ1) is 11.1. The molecule has 16 heavy (non-hydrogen) atoms. The van der Waals surface area contributed by atoms with Crippen molar-refractivity contribution in [2.75, 3.05) is 13.1 Å². The summed E-state index contributed by atoms with van der Waals surface area (Å²) in [7, 11) is 0. The number of hydrogen-bond acceptors (Lipinski definition) is 2. The zero-order valence-corrected chi connectivity index (χ0v) is 9.22. The molecule has 4 heteroatoms. The molecule has 0 unspecified atom stereocenters. The normalized spacial score (nSPS) is 19.8. The molecule has 1 aliphatic heterocycles. The third kappa shape index (κ3) is 2.39. The van der Waals surface area contributed by atoms with Gasteiger partial charge in [-0.3, -0.25) is 4.79 Å². The predicted molar refractivity (Wildman–Crippen MR) is 59.9 cm³/mol. The van der Waals surface area contributed by atoms with Gasteiger partial charge in [-0.25, -0.2) is 4.39 Å². The third-order valence-electron chi connectivity index (χ3n) is 2.76. The summed E-state index contributed by atoms with van der Waals surface area (Å²) in [5.41, 5.74) is 0.939. The minimum atomic E-state index is -0.455. The Morgan fingerprint density at radius 3 is 3.00 bits per heavy atom. The van der Waals surface area contributed by atoms with E-state index in [9.17, 15) is 9.18 Å². The maximum Gasteiger partial charge on any atom is 0.254 e. The maximum atomic E-state index is 13.5. The van der Waals surface area contributed by atoms with Crippen molar-refractivity contribution in [2.45, 2.75) is 19.4 Å². The van der Waals surface area contributed by atoms with Crippen molar-refractivity contribution in [3.63, 3.8) is 0 Å². The molecule has 1 saturated heterocycles. The lowest BCUT2D eigenvalue weighted by molar-refractivity contribution is 0.0936. The molecule has 0 spiro atoms. The molecule has 1 heterocycles. The molecule has 3 nitrogen and oxygen atoms in total. The lowest BCUT2D eigenvalue weighted by Crippen LogP contribution is -2.36. The highest BCUT2D eigenvalue weighted by Gasteiger charge is 2.19. The standard InChI is InChI=1S/C12H15FN2O/c1-8-2-3-10(11(13)6-8)12(16)15-9-4-5-14-7-9/h2-3,6,9,14H,4-5,7H2,1H3,(H,15,16)/t9-/m0/s1. The van der Waals surface area contributed by atoms with Gasteiger partial charge in [0.05, 0.1) is 5.56 Å². The Kier molecular flexibility index (Phi) is 3.19. The fourth-order valence-corrected chi connectivity index (χ4v) is 1.85. The minimum Gasteiger partial charge on any atom is -0.348 e. The van der Waals surface area contributed by atoms with E-state index in [4.69, 9.17) is 0 Å². The summed E-state index contributed by atoms with van der Waals surface area (Å²) in [4.78, 5) is 11.8. The number of amides is 1. The van der Waals surface area contributed by atoms with E-state index in [1.54, 1.807) is 13.0 Å². The van der Waals surface area contributed by atoms with Crippen molar-refractivity contribution in [1.29, 1.82) is 0 Å². The van der Waals surface area contributed by atoms with Gasteiger partial charge >= 0.3 is 0 Å². The predicted octanol–water partition coefficient (Wildman–Crippen LogP) is 1.23. The van der Waals surface area contributed by atoms with Crippen LogP contribution in [-0.2, 0) is 0 Å². The first-order valence-corrected chi connectivity index (χ1v) is 5.44. The molecular formula is C12H15FN2O. The van der Waals surface area contributed by atoms with Crippen LogP contribution in [0.4, 0.5) is 4.39 Å². The second-order valence-electron chi connectivity index (χ2n) is 4.15. The van der Waals surface area contributed by atoms with E-state index < -0.39 is 5.82 Å². The number of hydrogen-bond donors (Lipinski definition) is 2. The summed E-state index contributed by atoms with van der Waals surface area (Å²) in [5.74, 6) is -0.783. The molecule has 1 aromatic rings. The average molecular weight is 222 g/mol. The van der Waals surface area contributed by atoms with Crippen molar-refractivity contribution in [3.05, 3.63) is 35.1 Å².